The first-order valence-electron chi connectivity index (χ1n) is 9.52. The average molecular weight is 403 g/mol. The molecule has 28 heavy (non-hydrogen) atoms. The number of sulfonamides is 1. The number of pyridine rings is 1. The van der Waals surface area contributed by atoms with Crippen LogP contribution in [0.1, 0.15) is 24.2 Å². The van der Waals surface area contributed by atoms with Gasteiger partial charge < -0.3 is 9.80 Å². The maximum Gasteiger partial charge on any atom is 0.253 e. The Balaban J connectivity index is 1.66. The highest BCUT2D eigenvalue weighted by atomic mass is 32.2. The van der Waals surface area contributed by atoms with Crippen LogP contribution in [0.3, 0.4) is 0 Å². The van der Waals surface area contributed by atoms with Crippen LogP contribution in [0.5, 0.6) is 0 Å². The second-order valence-corrected chi connectivity index (χ2v) is 8.52. The molecule has 1 aromatic heterocycles. The Hall–Kier alpha value is -2.45. The molecule has 1 aromatic carbocycles. The maximum absolute atomic E-state index is 12.8. The minimum atomic E-state index is -3.51. The van der Waals surface area contributed by atoms with Crippen LogP contribution in [0.2, 0.25) is 0 Å². The minimum absolute atomic E-state index is 0.0764. The molecule has 1 amide bonds. The quantitative estimate of drug-likeness (QED) is 0.740. The first kappa shape index (κ1) is 20.3. The Morgan fingerprint density at radius 1 is 1.00 bits per heavy atom. The summed E-state index contributed by atoms with van der Waals surface area (Å²) >= 11 is 0. The third-order valence-electron chi connectivity index (χ3n) is 4.98. The van der Waals surface area contributed by atoms with Crippen molar-refractivity contribution in [2.45, 2.75) is 18.7 Å². The van der Waals surface area contributed by atoms with Crippen molar-refractivity contribution in [1.29, 1.82) is 0 Å². The lowest BCUT2D eigenvalue weighted by Crippen LogP contribution is -2.49. The van der Waals surface area contributed by atoms with E-state index in [9.17, 15) is 13.2 Å². The van der Waals surface area contributed by atoms with E-state index in [2.05, 4.69) is 9.88 Å². The number of hydrogen-bond donors (Lipinski definition) is 0. The largest absolute Gasteiger partial charge is 0.353 e. The summed E-state index contributed by atoms with van der Waals surface area (Å²) < 4.78 is 26.5. The first-order valence-corrected chi connectivity index (χ1v) is 11.0. The Bertz CT molecular complexity index is 889. The fraction of sp³-hybridized carbons (Fsp3) is 0.400. The van der Waals surface area contributed by atoms with Gasteiger partial charge in [0.15, 0.2) is 0 Å². The van der Waals surface area contributed by atoms with E-state index >= 15 is 0 Å². The van der Waals surface area contributed by atoms with Gasteiger partial charge in [0, 0.05) is 51.0 Å². The van der Waals surface area contributed by atoms with Crippen molar-refractivity contribution in [2.24, 2.45) is 0 Å². The molecule has 3 rings (SSSR count). The van der Waals surface area contributed by atoms with Crippen molar-refractivity contribution in [3.8, 4) is 0 Å². The fourth-order valence-corrected chi connectivity index (χ4v) is 4.80. The zero-order valence-electron chi connectivity index (χ0n) is 16.3. The average Bonchev–Trinajstić information content (AvgIpc) is 2.75. The van der Waals surface area contributed by atoms with Gasteiger partial charge in [-0.1, -0.05) is 19.9 Å². The molecule has 0 radical (unpaired) electrons. The Morgan fingerprint density at radius 3 is 2.18 bits per heavy atom. The van der Waals surface area contributed by atoms with Gasteiger partial charge in [-0.15, -0.1) is 0 Å². The molecular weight excluding hydrogens is 376 g/mol. The summed E-state index contributed by atoms with van der Waals surface area (Å²) in [6.07, 6.45) is 1.76. The molecule has 8 heteroatoms. The van der Waals surface area contributed by atoms with Gasteiger partial charge in [-0.3, -0.25) is 4.79 Å². The number of nitrogens with zero attached hydrogens (tertiary/aromatic N) is 4. The van der Waals surface area contributed by atoms with Crippen molar-refractivity contribution in [2.75, 3.05) is 44.2 Å². The molecule has 1 fully saturated rings. The molecule has 7 nitrogen and oxygen atoms in total. The maximum atomic E-state index is 12.8. The summed E-state index contributed by atoms with van der Waals surface area (Å²) in [5.41, 5.74) is 0.504. The molecular formula is C20H26N4O3S. The van der Waals surface area contributed by atoms with Crippen LogP contribution in [0.4, 0.5) is 5.82 Å². The third-order valence-corrected chi connectivity index (χ3v) is 7.05. The van der Waals surface area contributed by atoms with Crippen LogP contribution < -0.4 is 4.90 Å². The lowest BCUT2D eigenvalue weighted by atomic mass is 10.2. The van der Waals surface area contributed by atoms with E-state index in [4.69, 9.17) is 0 Å². The zero-order chi connectivity index (χ0) is 20.1. The monoisotopic (exact) mass is 402 g/mol. The molecule has 0 unspecified atom stereocenters. The summed E-state index contributed by atoms with van der Waals surface area (Å²) in [6, 6.07) is 12.0. The first-order chi connectivity index (χ1) is 13.5. The van der Waals surface area contributed by atoms with Gasteiger partial charge in [-0.05, 0) is 36.4 Å². The number of hydrogen-bond acceptors (Lipinski definition) is 5. The van der Waals surface area contributed by atoms with Gasteiger partial charge in [0.25, 0.3) is 5.91 Å². The van der Waals surface area contributed by atoms with Gasteiger partial charge in [0.2, 0.25) is 10.0 Å². The van der Waals surface area contributed by atoms with E-state index in [-0.39, 0.29) is 10.8 Å². The SMILES string of the molecule is CCN(CC)S(=O)(=O)c1ccc(C(=O)N2CCN(c3ccccn3)CC2)cc1. The summed E-state index contributed by atoms with van der Waals surface area (Å²) in [4.78, 5) is 21.3. The summed E-state index contributed by atoms with van der Waals surface area (Å²) in [5.74, 6) is 0.841. The van der Waals surface area contributed by atoms with Gasteiger partial charge in [0.1, 0.15) is 5.82 Å². The highest BCUT2D eigenvalue weighted by molar-refractivity contribution is 7.89. The second kappa shape index (κ2) is 8.70. The molecule has 0 N–H and O–H groups in total. The van der Waals surface area contributed by atoms with Crippen molar-refractivity contribution < 1.29 is 13.2 Å². The molecule has 0 atom stereocenters. The van der Waals surface area contributed by atoms with E-state index in [0.29, 0.717) is 31.7 Å². The van der Waals surface area contributed by atoms with Crippen molar-refractivity contribution in [1.82, 2.24) is 14.2 Å². The highest BCUT2D eigenvalue weighted by Crippen LogP contribution is 2.18. The lowest BCUT2D eigenvalue weighted by molar-refractivity contribution is 0.0746. The number of benzene rings is 1. The van der Waals surface area contributed by atoms with E-state index in [0.717, 1.165) is 18.9 Å². The number of anilines is 1. The molecule has 0 saturated carbocycles. The van der Waals surface area contributed by atoms with Crippen molar-refractivity contribution >= 4 is 21.7 Å². The van der Waals surface area contributed by atoms with E-state index in [1.165, 1.54) is 16.4 Å². The summed E-state index contributed by atoms with van der Waals surface area (Å²) in [6.45, 7) is 7.10. The number of rotatable bonds is 6. The fourth-order valence-electron chi connectivity index (χ4n) is 3.34. The lowest BCUT2D eigenvalue weighted by Gasteiger charge is -2.35. The topological polar surface area (TPSA) is 73.8 Å². The number of carbonyl (C=O) groups excluding carboxylic acids is 1. The molecule has 1 aliphatic heterocycles. The standard InChI is InChI=1S/C20H26N4O3S/c1-3-24(4-2)28(26,27)18-10-8-17(9-11-18)20(25)23-15-13-22(14-16-23)19-7-5-6-12-21-19/h5-12H,3-4,13-16H2,1-2H3. The molecule has 0 spiro atoms. The zero-order valence-corrected chi connectivity index (χ0v) is 17.1. The van der Waals surface area contributed by atoms with Crippen LogP contribution in [0.25, 0.3) is 0 Å². The van der Waals surface area contributed by atoms with Crippen LogP contribution >= 0.6 is 0 Å². The van der Waals surface area contributed by atoms with Crippen LogP contribution in [0, 0.1) is 0 Å². The van der Waals surface area contributed by atoms with Crippen LogP contribution in [0.15, 0.2) is 53.6 Å². The highest BCUT2D eigenvalue weighted by Gasteiger charge is 2.25. The van der Waals surface area contributed by atoms with Crippen molar-refractivity contribution in [3.05, 3.63) is 54.2 Å². The molecule has 1 saturated heterocycles. The van der Waals surface area contributed by atoms with Gasteiger partial charge in [-0.2, -0.15) is 4.31 Å². The second-order valence-electron chi connectivity index (χ2n) is 6.58. The van der Waals surface area contributed by atoms with Crippen LogP contribution in [-0.4, -0.2) is 67.8 Å². The third kappa shape index (κ3) is 4.18. The Labute approximate surface area is 166 Å². The Morgan fingerprint density at radius 2 is 1.64 bits per heavy atom. The van der Waals surface area contributed by atoms with E-state index < -0.39 is 10.0 Å². The van der Waals surface area contributed by atoms with Crippen LogP contribution in [-0.2, 0) is 10.0 Å². The van der Waals surface area contributed by atoms with Gasteiger partial charge in [-0.25, -0.2) is 13.4 Å². The Kier molecular flexibility index (Phi) is 6.31. The molecule has 2 heterocycles. The normalized spacial score (nSPS) is 15.1. The van der Waals surface area contributed by atoms with Gasteiger partial charge >= 0.3 is 0 Å². The molecule has 0 aliphatic carbocycles. The molecule has 150 valence electrons. The molecule has 2 aromatic rings. The molecule has 0 bridgehead atoms. The van der Waals surface area contributed by atoms with E-state index in [1.807, 2.05) is 32.0 Å². The van der Waals surface area contributed by atoms with Crippen molar-refractivity contribution in [3.63, 3.8) is 0 Å². The van der Waals surface area contributed by atoms with Gasteiger partial charge in [0.05, 0.1) is 4.90 Å². The summed E-state index contributed by atoms with van der Waals surface area (Å²) in [5, 5.41) is 0. The number of amides is 1. The number of aromatic nitrogens is 1. The van der Waals surface area contributed by atoms with E-state index in [1.54, 1.807) is 23.2 Å². The minimum Gasteiger partial charge on any atom is -0.353 e. The predicted octanol–water partition coefficient (Wildman–Crippen LogP) is 2.07. The smallest absolute Gasteiger partial charge is 0.253 e. The number of piperazine rings is 1. The predicted molar refractivity (Wildman–Crippen MR) is 109 cm³/mol. The summed E-state index contributed by atoms with van der Waals surface area (Å²) in [7, 11) is -3.51. The molecule has 1 aliphatic rings. The number of carbonyl (C=O) groups is 1.